The Bertz CT molecular complexity index is 477. The Kier molecular flexibility index (Phi) is 2.33. The molecule has 0 saturated heterocycles. The quantitative estimate of drug-likeness (QED) is 0.772. The van der Waals surface area contributed by atoms with Gasteiger partial charge in [-0.25, -0.2) is 14.4 Å². The minimum absolute atomic E-state index is 0.299. The van der Waals surface area contributed by atoms with Gasteiger partial charge in [-0.05, 0) is 13.0 Å². The van der Waals surface area contributed by atoms with E-state index < -0.39 is 0 Å². The first-order chi connectivity index (χ1) is 7.20. The van der Waals surface area contributed by atoms with Gasteiger partial charge in [-0.1, -0.05) is 18.2 Å². The smallest absolute Gasteiger partial charge is 0.135 e. The summed E-state index contributed by atoms with van der Waals surface area (Å²) < 4.78 is 13.5. The van der Waals surface area contributed by atoms with E-state index in [-0.39, 0.29) is 5.82 Å². The van der Waals surface area contributed by atoms with Gasteiger partial charge in [0.05, 0.1) is 5.69 Å². The van der Waals surface area contributed by atoms with Crippen molar-refractivity contribution in [1.29, 1.82) is 0 Å². The number of nitrogen functional groups attached to an aromatic ring is 1. The molecule has 1 aromatic carbocycles. The summed E-state index contributed by atoms with van der Waals surface area (Å²) in [6.07, 6.45) is 1.37. The van der Waals surface area contributed by atoms with Gasteiger partial charge in [-0.2, -0.15) is 0 Å². The molecule has 2 N–H and O–H groups in total. The maximum absolute atomic E-state index is 13.5. The molecule has 0 unspecified atom stereocenters. The zero-order valence-electron chi connectivity index (χ0n) is 8.24. The first-order valence-electron chi connectivity index (χ1n) is 4.52. The van der Waals surface area contributed by atoms with Gasteiger partial charge in [-0.3, -0.25) is 0 Å². The summed E-state index contributed by atoms with van der Waals surface area (Å²) in [6.45, 7) is 1.78. The molecule has 76 valence electrons. The highest BCUT2D eigenvalue weighted by Gasteiger charge is 2.11. The van der Waals surface area contributed by atoms with Gasteiger partial charge in [0.1, 0.15) is 18.0 Å². The molecular formula is C11H10FN3. The lowest BCUT2D eigenvalue weighted by Gasteiger charge is -2.07. The highest BCUT2D eigenvalue weighted by molar-refractivity contribution is 5.75. The maximum Gasteiger partial charge on any atom is 0.135 e. The molecule has 0 atom stereocenters. The summed E-state index contributed by atoms with van der Waals surface area (Å²) in [5.74, 6) is -0.0188. The van der Waals surface area contributed by atoms with Crippen LogP contribution in [0.3, 0.4) is 0 Å². The zero-order valence-corrected chi connectivity index (χ0v) is 8.24. The van der Waals surface area contributed by atoms with Crippen LogP contribution in [0.25, 0.3) is 11.1 Å². The molecule has 0 bridgehead atoms. The number of aryl methyl sites for hydroxylation is 1. The first-order valence-corrected chi connectivity index (χ1v) is 4.52. The molecule has 0 saturated carbocycles. The summed E-state index contributed by atoms with van der Waals surface area (Å²) in [4.78, 5) is 7.86. The fraction of sp³-hybridized carbons (Fsp3) is 0.0909. The number of hydrogen-bond acceptors (Lipinski definition) is 3. The van der Waals surface area contributed by atoms with Crippen molar-refractivity contribution in [2.75, 3.05) is 5.73 Å². The largest absolute Gasteiger partial charge is 0.383 e. The van der Waals surface area contributed by atoms with Crippen LogP contribution in [0.2, 0.25) is 0 Å². The second-order valence-electron chi connectivity index (χ2n) is 3.20. The van der Waals surface area contributed by atoms with Crippen molar-refractivity contribution in [2.24, 2.45) is 0 Å². The molecule has 0 aliphatic heterocycles. The van der Waals surface area contributed by atoms with E-state index in [4.69, 9.17) is 5.73 Å². The molecule has 15 heavy (non-hydrogen) atoms. The topological polar surface area (TPSA) is 51.8 Å². The van der Waals surface area contributed by atoms with Crippen molar-refractivity contribution < 1.29 is 4.39 Å². The van der Waals surface area contributed by atoms with Gasteiger partial charge in [-0.15, -0.1) is 0 Å². The number of anilines is 1. The van der Waals surface area contributed by atoms with Crippen LogP contribution in [0.15, 0.2) is 30.6 Å². The molecule has 4 heteroatoms. The Morgan fingerprint density at radius 2 is 1.93 bits per heavy atom. The molecule has 1 heterocycles. The number of halogens is 1. The van der Waals surface area contributed by atoms with E-state index >= 15 is 0 Å². The molecule has 0 aliphatic carbocycles. The Labute approximate surface area is 86.8 Å². The predicted molar refractivity (Wildman–Crippen MR) is 56.6 cm³/mol. The average molecular weight is 203 g/mol. The number of nitrogens with two attached hydrogens (primary N) is 1. The van der Waals surface area contributed by atoms with Crippen LogP contribution in [0.1, 0.15) is 5.69 Å². The van der Waals surface area contributed by atoms with E-state index in [0.29, 0.717) is 22.6 Å². The lowest BCUT2D eigenvalue weighted by molar-refractivity contribution is 0.631. The lowest BCUT2D eigenvalue weighted by atomic mass is 10.0. The summed E-state index contributed by atoms with van der Waals surface area (Å²) >= 11 is 0. The van der Waals surface area contributed by atoms with Crippen LogP contribution in [-0.2, 0) is 0 Å². The third kappa shape index (κ3) is 1.66. The second-order valence-corrected chi connectivity index (χ2v) is 3.20. The fourth-order valence-electron chi connectivity index (χ4n) is 1.49. The van der Waals surface area contributed by atoms with Crippen LogP contribution >= 0.6 is 0 Å². The number of nitrogens with zero attached hydrogens (tertiary/aromatic N) is 2. The van der Waals surface area contributed by atoms with Gasteiger partial charge < -0.3 is 5.73 Å². The van der Waals surface area contributed by atoms with Crippen molar-refractivity contribution in [3.63, 3.8) is 0 Å². The second kappa shape index (κ2) is 3.65. The maximum atomic E-state index is 13.5. The number of rotatable bonds is 1. The summed E-state index contributed by atoms with van der Waals surface area (Å²) in [5.41, 5.74) is 7.38. The van der Waals surface area contributed by atoms with Crippen LogP contribution in [-0.4, -0.2) is 9.97 Å². The molecular weight excluding hydrogens is 193 g/mol. The number of aromatic nitrogens is 2. The Morgan fingerprint density at radius 1 is 1.20 bits per heavy atom. The third-order valence-corrected chi connectivity index (χ3v) is 2.21. The van der Waals surface area contributed by atoms with Gasteiger partial charge in [0.15, 0.2) is 0 Å². The van der Waals surface area contributed by atoms with Crippen LogP contribution in [0.4, 0.5) is 10.2 Å². The molecule has 0 spiro atoms. The van der Waals surface area contributed by atoms with Crippen molar-refractivity contribution in [1.82, 2.24) is 9.97 Å². The van der Waals surface area contributed by atoms with Crippen LogP contribution in [0, 0.1) is 12.7 Å². The third-order valence-electron chi connectivity index (χ3n) is 2.21. The van der Waals surface area contributed by atoms with Gasteiger partial charge in [0, 0.05) is 11.1 Å². The van der Waals surface area contributed by atoms with E-state index in [1.165, 1.54) is 12.4 Å². The summed E-state index contributed by atoms with van der Waals surface area (Å²) in [5, 5.41) is 0. The molecule has 2 aromatic rings. The van der Waals surface area contributed by atoms with Crippen molar-refractivity contribution in [3.05, 3.63) is 42.1 Å². The summed E-state index contributed by atoms with van der Waals surface area (Å²) in [7, 11) is 0. The number of hydrogen-bond donors (Lipinski definition) is 1. The molecule has 1 aromatic heterocycles. The SMILES string of the molecule is Cc1ncnc(N)c1-c1ccccc1F. The fourth-order valence-corrected chi connectivity index (χ4v) is 1.49. The highest BCUT2D eigenvalue weighted by atomic mass is 19.1. The Morgan fingerprint density at radius 3 is 2.60 bits per heavy atom. The van der Waals surface area contributed by atoms with Crippen molar-refractivity contribution in [2.45, 2.75) is 6.92 Å². The normalized spacial score (nSPS) is 10.3. The van der Waals surface area contributed by atoms with E-state index in [2.05, 4.69) is 9.97 Å². The molecule has 0 radical (unpaired) electrons. The van der Waals surface area contributed by atoms with Crippen LogP contribution < -0.4 is 5.73 Å². The minimum Gasteiger partial charge on any atom is -0.383 e. The Hall–Kier alpha value is -1.97. The van der Waals surface area contributed by atoms with E-state index in [0.717, 1.165) is 0 Å². The van der Waals surface area contributed by atoms with Crippen molar-refractivity contribution >= 4 is 5.82 Å². The standard InChI is InChI=1S/C11H10FN3/c1-7-10(11(13)15-6-14-7)8-4-2-3-5-9(8)12/h2-6H,1H3,(H2,13,14,15). The van der Waals surface area contributed by atoms with Crippen LogP contribution in [0.5, 0.6) is 0 Å². The predicted octanol–water partition coefficient (Wildman–Crippen LogP) is 2.17. The van der Waals surface area contributed by atoms with Gasteiger partial charge in [0.2, 0.25) is 0 Å². The average Bonchev–Trinajstić information content (AvgIpc) is 2.20. The molecule has 3 nitrogen and oxygen atoms in total. The van der Waals surface area contributed by atoms with E-state index in [1.54, 1.807) is 25.1 Å². The van der Waals surface area contributed by atoms with Gasteiger partial charge in [0.25, 0.3) is 0 Å². The van der Waals surface area contributed by atoms with E-state index in [9.17, 15) is 4.39 Å². The first kappa shape index (κ1) is 9.58. The van der Waals surface area contributed by atoms with Gasteiger partial charge >= 0.3 is 0 Å². The monoisotopic (exact) mass is 203 g/mol. The molecule has 2 rings (SSSR count). The number of benzene rings is 1. The van der Waals surface area contributed by atoms with Crippen molar-refractivity contribution in [3.8, 4) is 11.1 Å². The zero-order chi connectivity index (χ0) is 10.8. The molecule has 0 fully saturated rings. The summed E-state index contributed by atoms with van der Waals surface area (Å²) in [6, 6.07) is 6.44. The highest BCUT2D eigenvalue weighted by Crippen LogP contribution is 2.28. The molecule has 0 aliphatic rings. The lowest BCUT2D eigenvalue weighted by Crippen LogP contribution is -1.99. The minimum atomic E-state index is -0.317. The molecule has 0 amide bonds. The Balaban J connectivity index is 2.69. The van der Waals surface area contributed by atoms with E-state index in [1.807, 2.05) is 0 Å².